The van der Waals surface area contributed by atoms with E-state index < -0.39 is 17.6 Å². The van der Waals surface area contributed by atoms with Gasteiger partial charge >= 0.3 is 6.18 Å². The van der Waals surface area contributed by atoms with Crippen molar-refractivity contribution in [1.29, 1.82) is 0 Å². The molecule has 0 fully saturated rings. The molecule has 0 bridgehead atoms. The summed E-state index contributed by atoms with van der Waals surface area (Å²) in [6, 6.07) is 7.96. The van der Waals surface area contributed by atoms with Gasteiger partial charge in [0.05, 0.1) is 31.0 Å². The molecule has 0 saturated heterocycles. The number of carbonyl (C=O) groups is 1. The largest absolute Gasteiger partial charge is 0.497 e. The number of anilines is 1. The van der Waals surface area contributed by atoms with E-state index in [1.807, 2.05) is 0 Å². The monoisotopic (exact) mass is 403 g/mol. The Labute approximate surface area is 144 Å². The van der Waals surface area contributed by atoms with Crippen LogP contribution in [0.4, 0.5) is 18.9 Å². The fraction of sp³-hybridized carbons (Fsp3) is 0.188. The normalized spacial score (nSPS) is 11.1. The minimum atomic E-state index is -4.61. The predicted molar refractivity (Wildman–Crippen MR) is 86.6 cm³/mol. The molecule has 0 radical (unpaired) electrons. The number of halogens is 4. The molecule has 128 valence electrons. The molecule has 2 aromatic carbocycles. The van der Waals surface area contributed by atoms with Gasteiger partial charge in [0, 0.05) is 4.47 Å². The minimum absolute atomic E-state index is 0.0629. The Kier molecular flexibility index (Phi) is 5.38. The van der Waals surface area contributed by atoms with Crippen LogP contribution in [0.5, 0.6) is 11.5 Å². The van der Waals surface area contributed by atoms with Crippen molar-refractivity contribution in [3.8, 4) is 11.5 Å². The summed E-state index contributed by atoms with van der Waals surface area (Å²) in [6.45, 7) is 0. The molecule has 0 spiro atoms. The van der Waals surface area contributed by atoms with Crippen LogP contribution in [-0.2, 0) is 6.18 Å². The van der Waals surface area contributed by atoms with Gasteiger partial charge in [-0.2, -0.15) is 13.2 Å². The fourth-order valence-electron chi connectivity index (χ4n) is 2.04. The van der Waals surface area contributed by atoms with Crippen molar-refractivity contribution in [2.45, 2.75) is 6.18 Å². The molecule has 0 aromatic heterocycles. The topological polar surface area (TPSA) is 47.6 Å². The van der Waals surface area contributed by atoms with Crippen LogP contribution < -0.4 is 14.8 Å². The van der Waals surface area contributed by atoms with Gasteiger partial charge in [0.25, 0.3) is 5.91 Å². The van der Waals surface area contributed by atoms with Gasteiger partial charge < -0.3 is 14.8 Å². The van der Waals surface area contributed by atoms with E-state index in [9.17, 15) is 18.0 Å². The number of alkyl halides is 3. The molecule has 24 heavy (non-hydrogen) atoms. The molecule has 1 amide bonds. The van der Waals surface area contributed by atoms with E-state index in [0.29, 0.717) is 5.75 Å². The third-order valence-corrected chi connectivity index (χ3v) is 3.68. The van der Waals surface area contributed by atoms with Gasteiger partial charge in [-0.05, 0) is 36.4 Å². The number of hydrogen-bond acceptors (Lipinski definition) is 3. The molecule has 0 unspecified atom stereocenters. The summed E-state index contributed by atoms with van der Waals surface area (Å²) in [5.74, 6) is -0.134. The first-order valence-corrected chi connectivity index (χ1v) is 7.45. The van der Waals surface area contributed by atoms with Gasteiger partial charge in [-0.25, -0.2) is 0 Å². The van der Waals surface area contributed by atoms with Gasteiger partial charge in [-0.15, -0.1) is 0 Å². The Bertz CT molecular complexity index is 763. The first kappa shape index (κ1) is 18.1. The summed E-state index contributed by atoms with van der Waals surface area (Å²) >= 11 is 2.99. The molecule has 0 atom stereocenters. The lowest BCUT2D eigenvalue weighted by Crippen LogP contribution is -2.17. The van der Waals surface area contributed by atoms with Crippen LogP contribution in [-0.4, -0.2) is 20.1 Å². The fourth-order valence-corrected chi connectivity index (χ4v) is 2.40. The van der Waals surface area contributed by atoms with Crippen molar-refractivity contribution in [3.05, 3.63) is 52.0 Å². The Hall–Kier alpha value is -2.22. The highest BCUT2D eigenvalue weighted by molar-refractivity contribution is 9.10. The van der Waals surface area contributed by atoms with E-state index in [1.165, 1.54) is 38.5 Å². The van der Waals surface area contributed by atoms with Gasteiger partial charge in [0.15, 0.2) is 0 Å². The summed E-state index contributed by atoms with van der Waals surface area (Å²) in [4.78, 5) is 12.4. The number of benzene rings is 2. The van der Waals surface area contributed by atoms with E-state index >= 15 is 0 Å². The van der Waals surface area contributed by atoms with E-state index in [0.717, 1.165) is 6.07 Å². The highest BCUT2D eigenvalue weighted by Crippen LogP contribution is 2.37. The van der Waals surface area contributed by atoms with Crippen LogP contribution in [0.15, 0.2) is 40.9 Å². The second-order valence-electron chi connectivity index (χ2n) is 4.71. The van der Waals surface area contributed by atoms with E-state index in [2.05, 4.69) is 21.2 Å². The summed E-state index contributed by atoms with van der Waals surface area (Å²) < 4.78 is 49.7. The molecular formula is C16H13BrF3NO3. The number of hydrogen-bond donors (Lipinski definition) is 1. The lowest BCUT2D eigenvalue weighted by molar-refractivity contribution is -0.136. The Balaban J connectivity index is 2.41. The first-order chi connectivity index (χ1) is 11.3. The van der Waals surface area contributed by atoms with E-state index in [-0.39, 0.29) is 21.5 Å². The smallest absolute Gasteiger partial charge is 0.418 e. The number of amides is 1. The summed E-state index contributed by atoms with van der Waals surface area (Å²) in [5.41, 5.74) is -1.24. The van der Waals surface area contributed by atoms with Gasteiger partial charge in [-0.1, -0.05) is 15.9 Å². The van der Waals surface area contributed by atoms with Crippen molar-refractivity contribution in [2.24, 2.45) is 0 Å². The molecular weight excluding hydrogens is 391 g/mol. The third kappa shape index (κ3) is 4.00. The molecule has 2 rings (SSSR count). The molecule has 1 N–H and O–H groups in total. The van der Waals surface area contributed by atoms with Crippen LogP contribution in [0.1, 0.15) is 15.9 Å². The van der Waals surface area contributed by atoms with Crippen molar-refractivity contribution < 1.29 is 27.4 Å². The van der Waals surface area contributed by atoms with Crippen molar-refractivity contribution in [2.75, 3.05) is 19.5 Å². The first-order valence-electron chi connectivity index (χ1n) is 6.66. The lowest BCUT2D eigenvalue weighted by Gasteiger charge is -2.15. The van der Waals surface area contributed by atoms with Crippen molar-refractivity contribution in [1.82, 2.24) is 0 Å². The maximum absolute atomic E-state index is 13.1. The van der Waals surface area contributed by atoms with Crippen LogP contribution in [0.25, 0.3) is 0 Å². The van der Waals surface area contributed by atoms with Crippen LogP contribution >= 0.6 is 15.9 Å². The van der Waals surface area contributed by atoms with Crippen LogP contribution in [0.3, 0.4) is 0 Å². The number of carbonyl (C=O) groups excluding carboxylic acids is 1. The second kappa shape index (κ2) is 7.12. The summed E-state index contributed by atoms with van der Waals surface area (Å²) in [7, 11) is 2.78. The maximum Gasteiger partial charge on any atom is 0.418 e. The van der Waals surface area contributed by atoms with Crippen LogP contribution in [0.2, 0.25) is 0 Å². The summed E-state index contributed by atoms with van der Waals surface area (Å²) in [5, 5.41) is 2.27. The van der Waals surface area contributed by atoms with Gasteiger partial charge in [0.1, 0.15) is 11.5 Å². The molecule has 0 heterocycles. The zero-order valence-corrected chi connectivity index (χ0v) is 14.3. The van der Waals surface area contributed by atoms with Gasteiger partial charge in [0.2, 0.25) is 0 Å². The highest BCUT2D eigenvalue weighted by Gasteiger charge is 2.34. The highest BCUT2D eigenvalue weighted by atomic mass is 79.9. The Morgan fingerprint density at radius 2 is 1.79 bits per heavy atom. The second-order valence-corrected chi connectivity index (χ2v) is 5.62. The van der Waals surface area contributed by atoms with Gasteiger partial charge in [-0.3, -0.25) is 4.79 Å². The molecule has 0 aliphatic rings. The predicted octanol–water partition coefficient (Wildman–Crippen LogP) is 4.74. The molecule has 8 heteroatoms. The molecule has 0 saturated carbocycles. The Morgan fingerprint density at radius 1 is 1.08 bits per heavy atom. The zero-order chi connectivity index (χ0) is 17.9. The van der Waals surface area contributed by atoms with Crippen molar-refractivity contribution >= 4 is 27.5 Å². The summed E-state index contributed by atoms with van der Waals surface area (Å²) in [6.07, 6.45) is -4.61. The number of methoxy groups -OCH3 is 2. The van der Waals surface area contributed by atoms with E-state index in [1.54, 1.807) is 6.07 Å². The number of rotatable bonds is 4. The van der Waals surface area contributed by atoms with Crippen molar-refractivity contribution in [3.63, 3.8) is 0 Å². The van der Waals surface area contributed by atoms with E-state index in [4.69, 9.17) is 9.47 Å². The maximum atomic E-state index is 13.1. The SMILES string of the molecule is COc1ccc(OC)c(C(=O)Nc2ccc(Br)cc2C(F)(F)F)c1. The number of nitrogens with one attached hydrogen (secondary N) is 1. The molecule has 0 aliphatic heterocycles. The van der Waals surface area contributed by atoms with Crippen LogP contribution in [0, 0.1) is 0 Å². The molecule has 0 aliphatic carbocycles. The molecule has 2 aromatic rings. The quantitative estimate of drug-likeness (QED) is 0.801. The standard InChI is InChI=1S/C16H13BrF3NO3/c1-23-10-4-6-14(24-2)11(8-10)15(22)21-13-5-3-9(17)7-12(13)16(18,19)20/h3-8H,1-2H3,(H,21,22). The minimum Gasteiger partial charge on any atom is -0.497 e. The average Bonchev–Trinajstić information content (AvgIpc) is 2.54. The lowest BCUT2D eigenvalue weighted by atomic mass is 10.1. The third-order valence-electron chi connectivity index (χ3n) is 3.19. The number of ether oxygens (including phenoxy) is 2. The molecule has 4 nitrogen and oxygen atoms in total. The Morgan fingerprint density at radius 3 is 2.38 bits per heavy atom. The average molecular weight is 404 g/mol. The zero-order valence-electron chi connectivity index (χ0n) is 12.7.